The van der Waals surface area contributed by atoms with Gasteiger partial charge in [-0.05, 0) is 98.4 Å². The van der Waals surface area contributed by atoms with Crippen LogP contribution in [0.1, 0.15) is 55.0 Å². The maximum absolute atomic E-state index is 7.04. The van der Waals surface area contributed by atoms with Crippen LogP contribution in [0.5, 0.6) is 5.75 Å². The van der Waals surface area contributed by atoms with E-state index in [4.69, 9.17) is 33.5 Å². The number of pyridine rings is 1. The molecule has 6 nitrogen and oxygen atoms in total. The zero-order valence-corrected chi connectivity index (χ0v) is 26.4. The number of aromatic nitrogens is 2. The molecule has 2 aromatic heterocycles. The number of ether oxygens (including phenoxy) is 1. The molecule has 0 radical (unpaired) electrons. The number of hydrogen-bond donors (Lipinski definition) is 1. The molecule has 0 aliphatic carbocycles. The fraction of sp³-hybridized carbons (Fsp3) is 0.353. The molecule has 0 amide bonds. The van der Waals surface area contributed by atoms with Crippen molar-refractivity contribution in [1.82, 2.24) is 14.9 Å². The van der Waals surface area contributed by atoms with Gasteiger partial charge in [0.25, 0.3) is 0 Å². The molecule has 0 spiro atoms. The molecular formula is C34H38ClN5OS. The van der Waals surface area contributed by atoms with Crippen molar-refractivity contribution < 1.29 is 4.74 Å². The molecular weight excluding hydrogens is 562 g/mol. The first-order valence-electron chi connectivity index (χ1n) is 14.6. The minimum atomic E-state index is -0.139. The Morgan fingerprint density at radius 3 is 2.43 bits per heavy atom. The molecule has 2 aliphatic rings. The maximum atomic E-state index is 7.04. The van der Waals surface area contributed by atoms with Gasteiger partial charge in [0.15, 0.2) is 5.11 Å². The highest BCUT2D eigenvalue weighted by atomic mass is 35.5. The van der Waals surface area contributed by atoms with Crippen LogP contribution in [0.15, 0.2) is 72.9 Å². The first kappa shape index (κ1) is 28.6. The van der Waals surface area contributed by atoms with Crippen LogP contribution < -0.4 is 19.9 Å². The van der Waals surface area contributed by atoms with E-state index in [1.54, 1.807) is 7.11 Å². The lowest BCUT2D eigenvalue weighted by molar-refractivity contribution is 0.357. The molecule has 2 fully saturated rings. The zero-order chi connectivity index (χ0) is 29.5. The number of methoxy groups -OCH3 is 1. The summed E-state index contributed by atoms with van der Waals surface area (Å²) in [6.45, 7) is 11.0. The predicted octanol–water partition coefficient (Wildman–Crippen LogP) is 7.81. The first-order valence-corrected chi connectivity index (χ1v) is 15.4. The van der Waals surface area contributed by atoms with Gasteiger partial charge in [0.2, 0.25) is 0 Å². The van der Waals surface area contributed by atoms with Crippen molar-refractivity contribution >= 4 is 40.3 Å². The van der Waals surface area contributed by atoms with Gasteiger partial charge in [-0.3, -0.25) is 4.98 Å². The third kappa shape index (κ3) is 5.25. The average Bonchev–Trinajstić information content (AvgIpc) is 3.47. The van der Waals surface area contributed by atoms with Gasteiger partial charge in [0, 0.05) is 48.1 Å². The smallest absolute Gasteiger partial charge is 0.174 e. The van der Waals surface area contributed by atoms with Crippen LogP contribution in [0, 0.1) is 25.7 Å². The van der Waals surface area contributed by atoms with Crippen LogP contribution in [0.25, 0.3) is 5.69 Å². The molecule has 2 aliphatic heterocycles. The van der Waals surface area contributed by atoms with Crippen molar-refractivity contribution in [3.8, 4) is 11.4 Å². The summed E-state index contributed by atoms with van der Waals surface area (Å²) in [7, 11) is 1.70. The Hall–Kier alpha value is -3.55. The largest absolute Gasteiger partial charge is 0.497 e. The van der Waals surface area contributed by atoms with Crippen molar-refractivity contribution in [2.45, 2.75) is 46.2 Å². The lowest BCUT2D eigenvalue weighted by Crippen LogP contribution is -2.38. The number of hydrogen-bond acceptors (Lipinski definition) is 4. The Kier molecular flexibility index (Phi) is 7.90. The minimum absolute atomic E-state index is 0.130. The molecule has 2 saturated heterocycles. The van der Waals surface area contributed by atoms with Gasteiger partial charge in [-0.1, -0.05) is 37.6 Å². The number of benzene rings is 2. The molecule has 0 saturated carbocycles. The van der Waals surface area contributed by atoms with Gasteiger partial charge >= 0.3 is 0 Å². The molecule has 2 aromatic carbocycles. The van der Waals surface area contributed by atoms with E-state index in [0.717, 1.165) is 58.0 Å². The lowest BCUT2D eigenvalue weighted by atomic mass is 9.91. The van der Waals surface area contributed by atoms with Crippen LogP contribution in [0.4, 0.5) is 11.4 Å². The van der Waals surface area contributed by atoms with E-state index < -0.39 is 0 Å². The summed E-state index contributed by atoms with van der Waals surface area (Å²) in [4.78, 5) is 9.38. The lowest BCUT2D eigenvalue weighted by Gasteiger charge is -2.37. The Balaban J connectivity index is 1.44. The van der Waals surface area contributed by atoms with E-state index in [2.05, 4.69) is 89.8 Å². The molecule has 0 unspecified atom stereocenters. The summed E-state index contributed by atoms with van der Waals surface area (Å²) in [5, 5.41) is 5.01. The number of anilines is 2. The number of rotatable bonds is 6. The summed E-state index contributed by atoms with van der Waals surface area (Å²) < 4.78 is 7.81. The molecule has 8 heteroatoms. The van der Waals surface area contributed by atoms with E-state index in [-0.39, 0.29) is 12.1 Å². The van der Waals surface area contributed by atoms with Crippen molar-refractivity contribution in [2.75, 3.05) is 30.0 Å². The van der Waals surface area contributed by atoms with Gasteiger partial charge < -0.3 is 24.4 Å². The van der Waals surface area contributed by atoms with E-state index in [1.807, 2.05) is 30.5 Å². The number of nitrogens with zero attached hydrogens (tertiary/aromatic N) is 4. The second kappa shape index (κ2) is 11.6. The summed E-state index contributed by atoms with van der Waals surface area (Å²) >= 11 is 13.1. The van der Waals surface area contributed by atoms with Gasteiger partial charge in [0.05, 0.1) is 35.6 Å². The SMILES string of the molecule is COc1cccc(-n2c(C)cc([C@@H]3[C@H](c4ccccn4)NC(=S)N3c3ccc(N4C[C@@H](C)C[C@H](C)C4)c(Cl)c3)c2C)c1. The van der Waals surface area contributed by atoms with Crippen molar-refractivity contribution in [3.05, 3.63) is 101 Å². The van der Waals surface area contributed by atoms with Crippen LogP contribution in [0.3, 0.4) is 0 Å². The van der Waals surface area contributed by atoms with E-state index in [9.17, 15) is 0 Å². The zero-order valence-electron chi connectivity index (χ0n) is 24.8. The summed E-state index contributed by atoms with van der Waals surface area (Å²) in [5.74, 6) is 2.11. The number of nitrogens with one attached hydrogen (secondary N) is 1. The van der Waals surface area contributed by atoms with Gasteiger partial charge in [-0.25, -0.2) is 0 Å². The average molecular weight is 600 g/mol. The quantitative estimate of drug-likeness (QED) is 0.228. The molecule has 218 valence electrons. The normalized spacial score (nSPS) is 22.4. The van der Waals surface area contributed by atoms with Gasteiger partial charge in [-0.2, -0.15) is 0 Å². The second-order valence-corrected chi connectivity index (χ2v) is 12.6. The van der Waals surface area contributed by atoms with Crippen LogP contribution in [-0.2, 0) is 0 Å². The fourth-order valence-electron chi connectivity index (χ4n) is 6.94. The molecule has 4 aromatic rings. The van der Waals surface area contributed by atoms with Crippen LogP contribution >= 0.6 is 23.8 Å². The van der Waals surface area contributed by atoms with Crippen LogP contribution in [-0.4, -0.2) is 34.9 Å². The molecule has 6 rings (SSSR count). The van der Waals surface area contributed by atoms with Crippen molar-refractivity contribution in [3.63, 3.8) is 0 Å². The first-order chi connectivity index (χ1) is 20.2. The van der Waals surface area contributed by atoms with E-state index in [1.165, 1.54) is 12.0 Å². The van der Waals surface area contributed by atoms with E-state index in [0.29, 0.717) is 16.9 Å². The number of thiocarbonyl (C=S) groups is 1. The van der Waals surface area contributed by atoms with E-state index >= 15 is 0 Å². The summed E-state index contributed by atoms with van der Waals surface area (Å²) in [6.07, 6.45) is 3.09. The van der Waals surface area contributed by atoms with Gasteiger partial charge in [0.1, 0.15) is 5.75 Å². The van der Waals surface area contributed by atoms with Crippen molar-refractivity contribution in [2.24, 2.45) is 11.8 Å². The number of piperidine rings is 1. The highest BCUT2D eigenvalue weighted by Gasteiger charge is 2.42. The topological polar surface area (TPSA) is 45.6 Å². The standard InChI is InChI=1S/C34H38ClN5OS/c1-21-15-22(2)20-38(19-21)31-13-12-26(18-29(31)35)40-33(32(37-34(40)42)30-11-6-7-14-36-30)28-16-23(3)39(24(28)4)25-9-8-10-27(17-25)41-5/h6-14,16-18,21-22,32-33H,15,19-20H2,1-5H3,(H,37,42)/t21-,22-,32-,33+/m0/s1. The highest BCUT2D eigenvalue weighted by molar-refractivity contribution is 7.80. The molecule has 42 heavy (non-hydrogen) atoms. The maximum Gasteiger partial charge on any atom is 0.174 e. The van der Waals surface area contributed by atoms with Gasteiger partial charge in [-0.15, -0.1) is 0 Å². The summed E-state index contributed by atoms with van der Waals surface area (Å²) in [6, 6.07) is 22.6. The monoisotopic (exact) mass is 599 g/mol. The summed E-state index contributed by atoms with van der Waals surface area (Å²) in [5.41, 5.74) is 7.51. The van der Waals surface area contributed by atoms with Crippen LogP contribution in [0.2, 0.25) is 5.02 Å². The number of halogens is 1. The minimum Gasteiger partial charge on any atom is -0.497 e. The van der Waals surface area contributed by atoms with Crippen molar-refractivity contribution in [1.29, 1.82) is 0 Å². The third-order valence-corrected chi connectivity index (χ3v) is 9.23. The Morgan fingerprint density at radius 1 is 0.952 bits per heavy atom. The Morgan fingerprint density at radius 2 is 1.74 bits per heavy atom. The Bertz CT molecular complexity index is 1590. The molecule has 0 bridgehead atoms. The highest BCUT2D eigenvalue weighted by Crippen LogP contribution is 2.45. The Labute approximate surface area is 259 Å². The second-order valence-electron chi connectivity index (χ2n) is 11.8. The fourth-order valence-corrected chi connectivity index (χ4v) is 7.58. The molecule has 4 atom stereocenters. The third-order valence-electron chi connectivity index (χ3n) is 8.62. The molecule has 4 heterocycles. The number of aryl methyl sites for hydroxylation is 1. The molecule has 1 N–H and O–H groups in total. The predicted molar refractivity (Wildman–Crippen MR) is 176 cm³/mol.